The van der Waals surface area contributed by atoms with E-state index in [0.717, 1.165) is 38.8 Å². The smallest absolute Gasteiger partial charge is 0.275 e. The van der Waals surface area contributed by atoms with E-state index in [9.17, 15) is 4.79 Å². The van der Waals surface area contributed by atoms with Crippen LogP contribution < -0.4 is 10.2 Å². The Labute approximate surface area is 203 Å². The minimum Gasteiger partial charge on any atom is -0.351 e. The van der Waals surface area contributed by atoms with Crippen LogP contribution in [0.3, 0.4) is 0 Å². The van der Waals surface area contributed by atoms with Crippen molar-refractivity contribution in [2.24, 2.45) is 0 Å². The van der Waals surface area contributed by atoms with Crippen molar-refractivity contribution in [3.8, 4) is 0 Å². The number of hydrogen-bond acceptors (Lipinski definition) is 2. The van der Waals surface area contributed by atoms with E-state index in [1.165, 1.54) is 0 Å². The van der Waals surface area contributed by atoms with Gasteiger partial charge < -0.3 is 5.32 Å². The first-order chi connectivity index (χ1) is 15.9. The maximum absolute atomic E-state index is 13.7. The Hall–Kier alpha value is -3.27. The van der Waals surface area contributed by atoms with Crippen LogP contribution in [0, 0.1) is 13.8 Å². The van der Waals surface area contributed by atoms with E-state index in [2.05, 4.69) is 29.6 Å². The van der Waals surface area contributed by atoms with Crippen LogP contribution in [-0.2, 0) is 4.79 Å². The highest BCUT2D eigenvalue weighted by molar-refractivity contribution is 6.32. The summed E-state index contributed by atoms with van der Waals surface area (Å²) in [6.07, 6.45) is 1.98. The molecule has 1 atom stereocenters. The fourth-order valence-corrected chi connectivity index (χ4v) is 4.58. The summed E-state index contributed by atoms with van der Waals surface area (Å²) in [4.78, 5) is 15.5. The Bertz CT molecular complexity index is 1420. The highest BCUT2D eigenvalue weighted by atomic mass is 35.5. The number of rotatable bonds is 4. The number of aryl methyl sites for hydroxylation is 2. The van der Waals surface area contributed by atoms with Crippen molar-refractivity contribution < 1.29 is 4.79 Å². The first-order valence-electron chi connectivity index (χ1n) is 10.7. The first-order valence-corrected chi connectivity index (χ1v) is 11.5. The summed E-state index contributed by atoms with van der Waals surface area (Å²) < 4.78 is 0. The van der Waals surface area contributed by atoms with Gasteiger partial charge in [-0.2, -0.15) is 0 Å². The summed E-state index contributed by atoms with van der Waals surface area (Å²) in [5.41, 5.74) is 5.03. The summed E-state index contributed by atoms with van der Waals surface area (Å²) in [5.74, 6) is -0.121. The van der Waals surface area contributed by atoms with Gasteiger partial charge in [0.1, 0.15) is 5.70 Å². The topological polar surface area (TPSA) is 32.3 Å². The molecule has 4 aromatic carbocycles. The molecule has 0 spiro atoms. The SMILES string of the molecule is Cc1ccc(NC2=C[C@H](c3cccc4ccccc34)N(c3ccc(C)c(Cl)c3)C2=O)cc1Cl. The van der Waals surface area contributed by atoms with Crippen LogP contribution in [0.2, 0.25) is 10.0 Å². The predicted octanol–water partition coefficient (Wildman–Crippen LogP) is 7.85. The van der Waals surface area contributed by atoms with Gasteiger partial charge in [-0.3, -0.25) is 9.69 Å². The summed E-state index contributed by atoms with van der Waals surface area (Å²) in [5, 5.41) is 6.80. The Balaban J connectivity index is 1.63. The molecule has 1 heterocycles. The fraction of sp³-hybridized carbons (Fsp3) is 0.107. The van der Waals surface area contributed by atoms with Crippen molar-refractivity contribution in [2.75, 3.05) is 10.2 Å². The molecule has 33 heavy (non-hydrogen) atoms. The van der Waals surface area contributed by atoms with Crippen LogP contribution in [-0.4, -0.2) is 5.91 Å². The van der Waals surface area contributed by atoms with Gasteiger partial charge in [-0.1, -0.05) is 77.8 Å². The third kappa shape index (κ3) is 3.99. The quantitative estimate of drug-likeness (QED) is 0.327. The molecule has 4 aromatic rings. The Morgan fingerprint density at radius 1 is 0.818 bits per heavy atom. The molecule has 3 nitrogen and oxygen atoms in total. The van der Waals surface area contributed by atoms with Crippen molar-refractivity contribution in [1.82, 2.24) is 0 Å². The normalized spacial score (nSPS) is 15.8. The van der Waals surface area contributed by atoms with E-state index in [4.69, 9.17) is 23.2 Å². The highest BCUT2D eigenvalue weighted by Gasteiger charge is 2.35. The van der Waals surface area contributed by atoms with E-state index in [1.807, 2.05) is 74.5 Å². The number of hydrogen-bond donors (Lipinski definition) is 1. The number of anilines is 2. The molecule has 0 unspecified atom stereocenters. The zero-order chi connectivity index (χ0) is 23.1. The lowest BCUT2D eigenvalue weighted by Crippen LogP contribution is -2.31. The number of benzene rings is 4. The van der Waals surface area contributed by atoms with Gasteiger partial charge in [0.2, 0.25) is 0 Å². The molecule has 1 aliphatic rings. The monoisotopic (exact) mass is 472 g/mol. The standard InChI is InChI=1S/C28H22Cl2N2O/c1-17-10-12-20(14-24(17)29)31-26-16-27(23-9-5-7-19-6-3-4-8-22(19)23)32(28(26)33)21-13-11-18(2)25(30)15-21/h3-16,27,31H,1-2H3/t27-/m1/s1. The van der Waals surface area contributed by atoms with E-state index < -0.39 is 0 Å². The Morgan fingerprint density at radius 2 is 1.52 bits per heavy atom. The number of amides is 1. The number of carbonyl (C=O) groups is 1. The van der Waals surface area contributed by atoms with Gasteiger partial charge >= 0.3 is 0 Å². The lowest BCUT2D eigenvalue weighted by atomic mass is 9.98. The third-order valence-corrected chi connectivity index (χ3v) is 6.89. The average molecular weight is 473 g/mol. The van der Waals surface area contributed by atoms with Crippen molar-refractivity contribution >= 4 is 51.3 Å². The molecule has 0 aliphatic carbocycles. The van der Waals surface area contributed by atoms with E-state index >= 15 is 0 Å². The molecule has 1 amide bonds. The van der Waals surface area contributed by atoms with Gasteiger partial charge in [-0.25, -0.2) is 0 Å². The van der Waals surface area contributed by atoms with Gasteiger partial charge in [0.25, 0.3) is 5.91 Å². The molecule has 0 saturated heterocycles. The summed E-state index contributed by atoms with van der Waals surface area (Å²) in [7, 11) is 0. The molecule has 0 saturated carbocycles. The zero-order valence-corrected chi connectivity index (χ0v) is 19.8. The van der Waals surface area contributed by atoms with Crippen LogP contribution in [0.4, 0.5) is 11.4 Å². The van der Waals surface area contributed by atoms with Gasteiger partial charge in [-0.15, -0.1) is 0 Å². The minimum atomic E-state index is -0.286. The molecule has 0 bridgehead atoms. The molecule has 5 heteroatoms. The molecular weight excluding hydrogens is 451 g/mol. The van der Waals surface area contributed by atoms with Crippen LogP contribution in [0.5, 0.6) is 0 Å². The maximum Gasteiger partial charge on any atom is 0.275 e. The zero-order valence-electron chi connectivity index (χ0n) is 18.3. The molecule has 1 aliphatic heterocycles. The number of nitrogens with one attached hydrogen (secondary N) is 1. The van der Waals surface area contributed by atoms with Gasteiger partial charge in [-0.05, 0) is 71.7 Å². The Kier molecular flexibility index (Phi) is 5.61. The van der Waals surface area contributed by atoms with Crippen LogP contribution >= 0.6 is 23.2 Å². The van der Waals surface area contributed by atoms with Crippen molar-refractivity contribution in [2.45, 2.75) is 19.9 Å². The van der Waals surface area contributed by atoms with E-state index in [0.29, 0.717) is 15.7 Å². The van der Waals surface area contributed by atoms with Crippen molar-refractivity contribution in [1.29, 1.82) is 0 Å². The lowest BCUT2D eigenvalue weighted by Gasteiger charge is -2.26. The number of halogens is 2. The summed E-state index contributed by atoms with van der Waals surface area (Å²) >= 11 is 12.8. The second-order valence-corrected chi connectivity index (χ2v) is 9.11. The highest BCUT2D eigenvalue weighted by Crippen LogP contribution is 2.40. The van der Waals surface area contributed by atoms with E-state index in [1.54, 1.807) is 4.90 Å². The molecule has 164 valence electrons. The summed E-state index contributed by atoms with van der Waals surface area (Å²) in [6.45, 7) is 3.90. The predicted molar refractivity (Wildman–Crippen MR) is 138 cm³/mol. The summed E-state index contributed by atoms with van der Waals surface area (Å²) in [6, 6.07) is 25.5. The van der Waals surface area contributed by atoms with Crippen LogP contribution in [0.1, 0.15) is 22.7 Å². The molecule has 0 fully saturated rings. The molecule has 0 aromatic heterocycles. The van der Waals surface area contributed by atoms with Gasteiger partial charge in [0, 0.05) is 21.4 Å². The van der Waals surface area contributed by atoms with Crippen LogP contribution in [0.25, 0.3) is 10.8 Å². The molecule has 1 N–H and O–H groups in total. The largest absolute Gasteiger partial charge is 0.351 e. The first kappa shape index (κ1) is 21.6. The van der Waals surface area contributed by atoms with Gasteiger partial charge in [0.05, 0.1) is 6.04 Å². The molecule has 0 radical (unpaired) electrons. The minimum absolute atomic E-state index is 0.121. The number of nitrogens with zero attached hydrogens (tertiary/aromatic N) is 1. The number of carbonyl (C=O) groups excluding carboxylic acids is 1. The van der Waals surface area contributed by atoms with Crippen LogP contribution in [0.15, 0.2) is 90.6 Å². The van der Waals surface area contributed by atoms with Crippen molar-refractivity contribution in [3.05, 3.63) is 117 Å². The van der Waals surface area contributed by atoms with E-state index in [-0.39, 0.29) is 11.9 Å². The second kappa shape index (κ2) is 8.58. The Morgan fingerprint density at radius 3 is 2.27 bits per heavy atom. The number of fused-ring (bicyclic) bond motifs is 1. The maximum atomic E-state index is 13.7. The third-order valence-electron chi connectivity index (χ3n) is 6.08. The second-order valence-electron chi connectivity index (χ2n) is 8.29. The van der Waals surface area contributed by atoms with Gasteiger partial charge in [0.15, 0.2) is 0 Å². The molecule has 5 rings (SSSR count). The van der Waals surface area contributed by atoms with Crippen molar-refractivity contribution in [3.63, 3.8) is 0 Å². The molecular formula is C28H22Cl2N2O. The fourth-order valence-electron chi connectivity index (χ4n) is 4.23. The average Bonchev–Trinajstić information content (AvgIpc) is 3.13. The lowest BCUT2D eigenvalue weighted by molar-refractivity contribution is -0.114.